The molecule has 30 heavy (non-hydrogen) atoms. The quantitative estimate of drug-likeness (QED) is 0.692. The van der Waals surface area contributed by atoms with Gasteiger partial charge in [0, 0.05) is 16.6 Å². The molecule has 5 heteroatoms. The van der Waals surface area contributed by atoms with Gasteiger partial charge < -0.3 is 10.2 Å². The normalized spacial score (nSPS) is 46.0. The molecule has 7 atom stereocenters. The standard InChI is InChI=1S/C25H38O4S/c1-22(2,3)30-14-20(28)25(29)11-9-18-17-7-6-15-12-16(26)8-10-23(15,4)21(17)19(27)13-24(18,25)5/h12,17-19,21,27,29H,6-11,13-14H2,1-5H3/t17-,18+,19+,21+,23+,24+,25+/m1/s1. The number of carbonyl (C=O) groups excluding carboxylic acids is 2. The molecule has 2 N–H and O–H groups in total. The van der Waals surface area contributed by atoms with Crippen molar-refractivity contribution < 1.29 is 19.8 Å². The number of carbonyl (C=O) groups is 2. The number of allylic oxidation sites excluding steroid dienone is 1. The molecule has 0 spiro atoms. The van der Waals surface area contributed by atoms with E-state index in [0.29, 0.717) is 30.9 Å². The lowest BCUT2D eigenvalue weighted by molar-refractivity contribution is -0.178. The van der Waals surface area contributed by atoms with Gasteiger partial charge in [0.1, 0.15) is 5.60 Å². The molecule has 0 aromatic rings. The first-order chi connectivity index (χ1) is 13.8. The zero-order chi connectivity index (χ0) is 22.1. The second kappa shape index (κ2) is 7.18. The van der Waals surface area contributed by atoms with Gasteiger partial charge in [-0.2, -0.15) is 0 Å². The summed E-state index contributed by atoms with van der Waals surface area (Å²) in [6.07, 6.45) is 6.33. The van der Waals surface area contributed by atoms with Crippen molar-refractivity contribution in [2.75, 3.05) is 5.75 Å². The van der Waals surface area contributed by atoms with Gasteiger partial charge in [0.15, 0.2) is 11.6 Å². The van der Waals surface area contributed by atoms with Crippen LogP contribution in [0.1, 0.15) is 79.6 Å². The summed E-state index contributed by atoms with van der Waals surface area (Å²) in [6, 6.07) is 0. The van der Waals surface area contributed by atoms with Crippen molar-refractivity contribution in [2.24, 2.45) is 28.6 Å². The van der Waals surface area contributed by atoms with Crippen LogP contribution in [0.2, 0.25) is 0 Å². The Morgan fingerprint density at radius 3 is 2.57 bits per heavy atom. The smallest absolute Gasteiger partial charge is 0.174 e. The minimum Gasteiger partial charge on any atom is -0.393 e. The SMILES string of the molecule is CC(C)(C)SCC(=O)[C@@]1(O)CC[C@H]2[C@H]3CCC4=CC(=O)CC[C@]4(C)[C@@H]3[C@@H](O)C[C@@]21C. The highest BCUT2D eigenvalue weighted by atomic mass is 32.2. The van der Waals surface area contributed by atoms with E-state index in [2.05, 4.69) is 34.6 Å². The molecule has 0 bridgehead atoms. The predicted molar refractivity (Wildman–Crippen MR) is 120 cm³/mol. The number of ketones is 2. The summed E-state index contributed by atoms with van der Waals surface area (Å²) in [5.74, 6) is 1.13. The van der Waals surface area contributed by atoms with Crippen molar-refractivity contribution in [3.63, 3.8) is 0 Å². The van der Waals surface area contributed by atoms with Gasteiger partial charge in [-0.1, -0.05) is 40.2 Å². The fourth-order valence-corrected chi connectivity index (χ4v) is 8.35. The Morgan fingerprint density at radius 2 is 1.90 bits per heavy atom. The van der Waals surface area contributed by atoms with Gasteiger partial charge in [0.05, 0.1) is 11.9 Å². The number of hydrogen-bond donors (Lipinski definition) is 2. The van der Waals surface area contributed by atoms with Crippen LogP contribution in [0.25, 0.3) is 0 Å². The minimum absolute atomic E-state index is 0.0266. The number of fused-ring (bicyclic) bond motifs is 5. The first-order valence-electron chi connectivity index (χ1n) is 11.6. The van der Waals surface area contributed by atoms with Crippen molar-refractivity contribution in [2.45, 2.75) is 96.0 Å². The van der Waals surface area contributed by atoms with Crippen LogP contribution in [0.5, 0.6) is 0 Å². The summed E-state index contributed by atoms with van der Waals surface area (Å²) >= 11 is 1.59. The average Bonchev–Trinajstić information content (AvgIpc) is 2.91. The Hall–Kier alpha value is -0.650. The number of thioether (sulfide) groups is 1. The van der Waals surface area contributed by atoms with Crippen LogP contribution in [0, 0.1) is 28.6 Å². The molecule has 0 unspecified atom stereocenters. The lowest BCUT2D eigenvalue weighted by Crippen LogP contribution is -2.62. The maximum Gasteiger partial charge on any atom is 0.174 e. The van der Waals surface area contributed by atoms with E-state index in [9.17, 15) is 19.8 Å². The average molecular weight is 435 g/mol. The van der Waals surface area contributed by atoms with Crippen LogP contribution in [0.3, 0.4) is 0 Å². The van der Waals surface area contributed by atoms with Crippen LogP contribution >= 0.6 is 11.8 Å². The van der Waals surface area contributed by atoms with E-state index in [-0.39, 0.29) is 33.6 Å². The van der Waals surface area contributed by atoms with E-state index >= 15 is 0 Å². The molecule has 4 nitrogen and oxygen atoms in total. The molecule has 168 valence electrons. The maximum absolute atomic E-state index is 13.3. The van der Waals surface area contributed by atoms with Crippen LogP contribution < -0.4 is 0 Å². The topological polar surface area (TPSA) is 74.6 Å². The summed E-state index contributed by atoms with van der Waals surface area (Å²) in [6.45, 7) is 10.6. The van der Waals surface area contributed by atoms with Crippen molar-refractivity contribution in [3.8, 4) is 0 Å². The number of aliphatic hydroxyl groups is 2. The molecule has 4 aliphatic rings. The Balaban J connectivity index is 1.63. The predicted octanol–water partition coefficient (Wildman–Crippen LogP) is 4.32. The van der Waals surface area contributed by atoms with E-state index in [1.165, 1.54) is 5.57 Å². The highest BCUT2D eigenvalue weighted by Gasteiger charge is 2.68. The second-order valence-corrected chi connectivity index (χ2v) is 13.6. The summed E-state index contributed by atoms with van der Waals surface area (Å²) in [7, 11) is 0. The van der Waals surface area contributed by atoms with Crippen molar-refractivity contribution in [1.29, 1.82) is 0 Å². The van der Waals surface area contributed by atoms with Crippen LogP contribution in [0.4, 0.5) is 0 Å². The molecule has 0 radical (unpaired) electrons. The molecule has 0 amide bonds. The first kappa shape index (κ1) is 22.5. The first-order valence-corrected chi connectivity index (χ1v) is 12.6. The van der Waals surface area contributed by atoms with E-state index in [1.807, 2.05) is 6.08 Å². The van der Waals surface area contributed by atoms with Gasteiger partial charge in [-0.25, -0.2) is 0 Å². The Kier molecular flexibility index (Phi) is 5.39. The summed E-state index contributed by atoms with van der Waals surface area (Å²) in [5, 5.41) is 23.1. The molecule has 4 rings (SSSR count). The zero-order valence-corrected chi connectivity index (χ0v) is 20.0. The lowest BCUT2D eigenvalue weighted by Gasteiger charge is -2.60. The molecule has 4 aliphatic carbocycles. The fraction of sp³-hybridized carbons (Fsp3) is 0.840. The van der Waals surface area contributed by atoms with Crippen molar-refractivity contribution in [3.05, 3.63) is 11.6 Å². The molecular formula is C25H38O4S. The monoisotopic (exact) mass is 434 g/mol. The highest BCUT2D eigenvalue weighted by Crippen LogP contribution is 2.67. The fourth-order valence-electron chi connectivity index (χ4n) is 7.55. The summed E-state index contributed by atoms with van der Waals surface area (Å²) in [5.41, 5.74) is -0.842. The third kappa shape index (κ3) is 3.26. The van der Waals surface area contributed by atoms with Crippen molar-refractivity contribution >= 4 is 23.3 Å². The van der Waals surface area contributed by atoms with Crippen LogP contribution in [-0.4, -0.2) is 44.0 Å². The van der Waals surface area contributed by atoms with Gasteiger partial charge in [-0.05, 0) is 67.8 Å². The molecule has 3 saturated carbocycles. The Morgan fingerprint density at radius 1 is 1.20 bits per heavy atom. The van der Waals surface area contributed by atoms with E-state index in [1.54, 1.807) is 11.8 Å². The Bertz CT molecular complexity index is 783. The lowest BCUT2D eigenvalue weighted by atomic mass is 9.45. The van der Waals surface area contributed by atoms with Gasteiger partial charge in [-0.3, -0.25) is 9.59 Å². The van der Waals surface area contributed by atoms with Crippen LogP contribution in [-0.2, 0) is 9.59 Å². The van der Waals surface area contributed by atoms with Gasteiger partial charge >= 0.3 is 0 Å². The molecule has 0 aromatic carbocycles. The molecular weight excluding hydrogens is 396 g/mol. The number of aliphatic hydroxyl groups excluding tert-OH is 1. The molecule has 0 aromatic heterocycles. The van der Waals surface area contributed by atoms with Crippen LogP contribution in [0.15, 0.2) is 11.6 Å². The Labute approximate surface area is 185 Å². The van der Waals surface area contributed by atoms with E-state index in [4.69, 9.17) is 0 Å². The van der Waals surface area contributed by atoms with Gasteiger partial charge in [0.2, 0.25) is 0 Å². The third-order valence-electron chi connectivity index (χ3n) is 9.15. The third-order valence-corrected chi connectivity index (χ3v) is 10.4. The van der Waals surface area contributed by atoms with Gasteiger partial charge in [0.25, 0.3) is 0 Å². The minimum atomic E-state index is -1.35. The highest BCUT2D eigenvalue weighted by molar-refractivity contribution is 8.01. The molecule has 0 aliphatic heterocycles. The molecule has 3 fully saturated rings. The van der Waals surface area contributed by atoms with Crippen molar-refractivity contribution in [1.82, 2.24) is 0 Å². The second-order valence-electron chi connectivity index (χ2n) is 11.8. The number of rotatable bonds is 3. The molecule has 0 saturated heterocycles. The number of hydrogen-bond acceptors (Lipinski definition) is 5. The maximum atomic E-state index is 13.3. The largest absolute Gasteiger partial charge is 0.393 e. The van der Waals surface area contributed by atoms with E-state index < -0.39 is 17.1 Å². The zero-order valence-electron chi connectivity index (χ0n) is 19.2. The number of Topliss-reactive ketones (excluding diaryl/α,β-unsaturated/α-hetero) is 1. The summed E-state index contributed by atoms with van der Waals surface area (Å²) in [4.78, 5) is 25.3. The molecule has 0 heterocycles. The van der Waals surface area contributed by atoms with Gasteiger partial charge in [-0.15, -0.1) is 11.8 Å². The summed E-state index contributed by atoms with van der Waals surface area (Å²) < 4.78 is -0.0266. The van der Waals surface area contributed by atoms with E-state index in [0.717, 1.165) is 25.7 Å².